The van der Waals surface area contributed by atoms with Gasteiger partial charge in [0.05, 0.1) is 7.11 Å². The Kier molecular flexibility index (Phi) is 6.60. The lowest BCUT2D eigenvalue weighted by atomic mass is 10.0. The molecule has 0 bridgehead atoms. The van der Waals surface area contributed by atoms with Crippen molar-refractivity contribution in [2.75, 3.05) is 17.1 Å². The highest BCUT2D eigenvalue weighted by atomic mass is 32.2. The van der Waals surface area contributed by atoms with Gasteiger partial charge in [-0.1, -0.05) is 32.0 Å². The molecule has 0 aliphatic carbocycles. The molecule has 31 heavy (non-hydrogen) atoms. The second-order valence-electron chi connectivity index (χ2n) is 7.18. The first-order valence-electron chi connectivity index (χ1n) is 9.58. The number of hydrogen-bond donors (Lipinski definition) is 2. The van der Waals surface area contributed by atoms with Crippen molar-refractivity contribution in [2.45, 2.75) is 24.7 Å². The summed E-state index contributed by atoms with van der Waals surface area (Å²) in [6, 6.07) is 16.7. The van der Waals surface area contributed by atoms with Crippen LogP contribution in [0.4, 0.5) is 15.8 Å². The molecular formula is C23H23FN2O4S. The van der Waals surface area contributed by atoms with Gasteiger partial charge < -0.3 is 10.1 Å². The molecule has 2 N–H and O–H groups in total. The highest BCUT2D eigenvalue weighted by molar-refractivity contribution is 7.92. The molecule has 3 rings (SSSR count). The Hall–Kier alpha value is -3.39. The molecule has 0 aliphatic rings. The number of carbonyl (C=O) groups excluding carboxylic acids is 1. The van der Waals surface area contributed by atoms with Gasteiger partial charge in [0, 0.05) is 16.9 Å². The number of sulfonamides is 1. The molecule has 162 valence electrons. The summed E-state index contributed by atoms with van der Waals surface area (Å²) in [5, 5.41) is 2.78. The SMILES string of the molecule is COc1ccc(NS(=O)(=O)c2cc(C(=O)Nc3ccccc3C(C)C)ccc2F)cc1. The Balaban J connectivity index is 1.87. The highest BCUT2D eigenvalue weighted by Gasteiger charge is 2.22. The zero-order valence-electron chi connectivity index (χ0n) is 17.3. The summed E-state index contributed by atoms with van der Waals surface area (Å²) in [4.78, 5) is 12.1. The molecule has 0 unspecified atom stereocenters. The van der Waals surface area contributed by atoms with Crippen molar-refractivity contribution in [3.63, 3.8) is 0 Å². The van der Waals surface area contributed by atoms with Gasteiger partial charge in [-0.15, -0.1) is 0 Å². The quantitative estimate of drug-likeness (QED) is 0.539. The van der Waals surface area contributed by atoms with Crippen LogP contribution in [0.2, 0.25) is 0 Å². The molecular weight excluding hydrogens is 419 g/mol. The molecule has 0 heterocycles. The van der Waals surface area contributed by atoms with Crippen molar-refractivity contribution in [1.82, 2.24) is 0 Å². The minimum absolute atomic E-state index is 0.0232. The van der Waals surface area contributed by atoms with Crippen LogP contribution in [0.1, 0.15) is 35.7 Å². The van der Waals surface area contributed by atoms with E-state index in [1.807, 2.05) is 26.0 Å². The summed E-state index contributed by atoms with van der Waals surface area (Å²) in [6.07, 6.45) is 0. The Morgan fingerprint density at radius 1 is 1.00 bits per heavy atom. The average Bonchev–Trinajstić information content (AvgIpc) is 2.74. The number of rotatable bonds is 7. The number of ether oxygens (including phenoxy) is 1. The van der Waals surface area contributed by atoms with Crippen LogP contribution in [0.25, 0.3) is 0 Å². The first-order chi connectivity index (χ1) is 14.7. The summed E-state index contributed by atoms with van der Waals surface area (Å²) >= 11 is 0. The summed E-state index contributed by atoms with van der Waals surface area (Å²) in [7, 11) is -2.77. The third kappa shape index (κ3) is 5.21. The number of methoxy groups -OCH3 is 1. The third-order valence-electron chi connectivity index (χ3n) is 4.66. The van der Waals surface area contributed by atoms with E-state index in [2.05, 4.69) is 10.0 Å². The smallest absolute Gasteiger partial charge is 0.264 e. The maximum absolute atomic E-state index is 14.4. The Labute approximate surface area is 181 Å². The molecule has 0 aromatic heterocycles. The van der Waals surface area contributed by atoms with E-state index in [9.17, 15) is 17.6 Å². The molecule has 0 aliphatic heterocycles. The lowest BCUT2D eigenvalue weighted by Gasteiger charge is -2.14. The zero-order chi connectivity index (χ0) is 22.6. The fraction of sp³-hybridized carbons (Fsp3) is 0.174. The molecule has 0 saturated carbocycles. The molecule has 0 fully saturated rings. The van der Waals surface area contributed by atoms with Crippen molar-refractivity contribution in [3.05, 3.63) is 83.7 Å². The maximum Gasteiger partial charge on any atom is 0.264 e. The first kappa shape index (κ1) is 22.3. The van der Waals surface area contributed by atoms with Crippen LogP contribution in [-0.4, -0.2) is 21.4 Å². The molecule has 0 radical (unpaired) electrons. The van der Waals surface area contributed by atoms with E-state index in [0.717, 1.165) is 17.7 Å². The van der Waals surface area contributed by atoms with Crippen molar-refractivity contribution in [1.29, 1.82) is 0 Å². The molecule has 1 amide bonds. The van der Waals surface area contributed by atoms with E-state index in [4.69, 9.17) is 4.74 Å². The number of benzene rings is 3. The number of carbonyl (C=O) groups is 1. The lowest BCUT2D eigenvalue weighted by molar-refractivity contribution is 0.102. The fourth-order valence-corrected chi connectivity index (χ4v) is 4.19. The Bertz CT molecular complexity index is 1190. The highest BCUT2D eigenvalue weighted by Crippen LogP contribution is 2.26. The predicted molar refractivity (Wildman–Crippen MR) is 119 cm³/mol. The molecule has 8 heteroatoms. The first-order valence-corrected chi connectivity index (χ1v) is 11.1. The van der Waals surface area contributed by atoms with E-state index in [1.165, 1.54) is 25.3 Å². The maximum atomic E-state index is 14.4. The van der Waals surface area contributed by atoms with Gasteiger partial charge in [-0.2, -0.15) is 0 Å². The van der Waals surface area contributed by atoms with Gasteiger partial charge in [0.15, 0.2) is 0 Å². The van der Waals surface area contributed by atoms with Gasteiger partial charge in [0.25, 0.3) is 15.9 Å². The van der Waals surface area contributed by atoms with Crippen molar-refractivity contribution >= 4 is 27.3 Å². The number of nitrogens with one attached hydrogen (secondary N) is 2. The topological polar surface area (TPSA) is 84.5 Å². The van der Waals surface area contributed by atoms with E-state index in [1.54, 1.807) is 24.3 Å². The van der Waals surface area contributed by atoms with Crippen LogP contribution >= 0.6 is 0 Å². The number of hydrogen-bond acceptors (Lipinski definition) is 4. The Morgan fingerprint density at radius 2 is 1.68 bits per heavy atom. The van der Waals surface area contributed by atoms with Gasteiger partial charge in [-0.05, 0) is 60.0 Å². The standard InChI is InChI=1S/C23H23FN2O4S/c1-15(2)19-6-4-5-7-21(19)25-23(27)16-8-13-20(24)22(14-16)31(28,29)26-17-9-11-18(30-3)12-10-17/h4-15,26H,1-3H3,(H,25,27). The Morgan fingerprint density at radius 3 is 2.32 bits per heavy atom. The summed E-state index contributed by atoms with van der Waals surface area (Å²) < 4.78 is 47.2. The van der Waals surface area contributed by atoms with E-state index in [0.29, 0.717) is 11.4 Å². The van der Waals surface area contributed by atoms with Crippen LogP contribution in [0.3, 0.4) is 0 Å². The van der Waals surface area contributed by atoms with Crippen molar-refractivity contribution < 1.29 is 22.3 Å². The molecule has 3 aromatic rings. The normalized spacial score (nSPS) is 11.3. The van der Waals surface area contributed by atoms with E-state index >= 15 is 0 Å². The van der Waals surface area contributed by atoms with Crippen molar-refractivity contribution in [3.8, 4) is 5.75 Å². The van der Waals surface area contributed by atoms with Crippen LogP contribution < -0.4 is 14.8 Å². The van der Waals surface area contributed by atoms with E-state index in [-0.39, 0.29) is 17.2 Å². The minimum Gasteiger partial charge on any atom is -0.497 e. The van der Waals surface area contributed by atoms with Crippen LogP contribution in [0.5, 0.6) is 5.75 Å². The summed E-state index contributed by atoms with van der Waals surface area (Å²) in [5.74, 6) is -0.766. The summed E-state index contributed by atoms with van der Waals surface area (Å²) in [5.41, 5.74) is 1.82. The van der Waals surface area contributed by atoms with Gasteiger partial charge in [0.2, 0.25) is 0 Å². The number of para-hydroxylation sites is 1. The minimum atomic E-state index is -4.26. The largest absolute Gasteiger partial charge is 0.497 e. The molecule has 3 aromatic carbocycles. The van der Waals surface area contributed by atoms with E-state index < -0.39 is 26.6 Å². The zero-order valence-corrected chi connectivity index (χ0v) is 18.2. The summed E-state index contributed by atoms with van der Waals surface area (Å²) in [6.45, 7) is 4.00. The van der Waals surface area contributed by atoms with Gasteiger partial charge in [0.1, 0.15) is 16.5 Å². The number of halogens is 1. The lowest BCUT2D eigenvalue weighted by Crippen LogP contribution is -2.18. The van der Waals surface area contributed by atoms with Gasteiger partial charge in [-0.3, -0.25) is 9.52 Å². The predicted octanol–water partition coefficient (Wildman–Crippen LogP) is 5.01. The average molecular weight is 443 g/mol. The van der Waals surface area contributed by atoms with Gasteiger partial charge in [-0.25, -0.2) is 12.8 Å². The fourth-order valence-electron chi connectivity index (χ4n) is 3.03. The number of amides is 1. The molecule has 0 saturated heterocycles. The van der Waals surface area contributed by atoms with Crippen molar-refractivity contribution in [2.24, 2.45) is 0 Å². The molecule has 0 spiro atoms. The number of anilines is 2. The second kappa shape index (κ2) is 9.18. The monoisotopic (exact) mass is 442 g/mol. The van der Waals surface area contributed by atoms with Crippen LogP contribution in [0.15, 0.2) is 71.6 Å². The molecule has 6 nitrogen and oxygen atoms in total. The van der Waals surface area contributed by atoms with Crippen LogP contribution in [-0.2, 0) is 10.0 Å². The molecule has 0 atom stereocenters. The third-order valence-corrected chi connectivity index (χ3v) is 6.05. The van der Waals surface area contributed by atoms with Crippen LogP contribution in [0, 0.1) is 5.82 Å². The van der Waals surface area contributed by atoms with Gasteiger partial charge >= 0.3 is 0 Å². The second-order valence-corrected chi connectivity index (χ2v) is 8.83.